The zero-order valence-electron chi connectivity index (χ0n) is 19.5. The number of rotatable bonds is 8. The number of alkyl halides is 2. The average molecular weight is 516 g/mol. The van der Waals surface area contributed by atoms with Gasteiger partial charge in [0.25, 0.3) is 11.8 Å². The van der Waals surface area contributed by atoms with Crippen LogP contribution < -0.4 is 10.2 Å². The Labute approximate surface area is 210 Å². The molecule has 0 atom stereocenters. The molecule has 1 fully saturated rings. The highest BCUT2D eigenvalue weighted by Crippen LogP contribution is 2.30. The van der Waals surface area contributed by atoms with Crippen LogP contribution in [0.4, 0.5) is 14.6 Å². The van der Waals surface area contributed by atoms with Crippen LogP contribution in [0, 0.1) is 0 Å². The normalized spacial score (nSPS) is 15.1. The topological polar surface area (TPSA) is 101 Å². The molecular formula is C24H24ClF2N7O2. The Bertz CT molecular complexity index is 1340. The fraction of sp³-hybridized carbons (Fsp3) is 0.333. The summed E-state index contributed by atoms with van der Waals surface area (Å²) in [4.78, 5) is 26.2. The molecule has 1 saturated heterocycles. The van der Waals surface area contributed by atoms with Crippen LogP contribution in [0.1, 0.15) is 33.6 Å². The molecular weight excluding hydrogens is 492 g/mol. The quantitative estimate of drug-likeness (QED) is 0.371. The zero-order valence-corrected chi connectivity index (χ0v) is 20.2. The van der Waals surface area contributed by atoms with Crippen LogP contribution in [-0.4, -0.2) is 56.8 Å². The van der Waals surface area contributed by atoms with Gasteiger partial charge >= 0.3 is 0 Å². The number of ether oxygens (including phenoxy) is 1. The largest absolute Gasteiger partial charge is 0.378 e. The highest BCUT2D eigenvalue weighted by atomic mass is 35.5. The van der Waals surface area contributed by atoms with E-state index >= 15 is 0 Å². The van der Waals surface area contributed by atoms with Crippen molar-refractivity contribution in [1.82, 2.24) is 30.0 Å². The Morgan fingerprint density at radius 1 is 1.31 bits per heavy atom. The molecule has 3 aliphatic heterocycles. The third-order valence-electron chi connectivity index (χ3n) is 6.03. The van der Waals surface area contributed by atoms with E-state index in [0.717, 1.165) is 16.7 Å². The lowest BCUT2D eigenvalue weighted by molar-refractivity contribution is 0.0256. The Morgan fingerprint density at radius 3 is 2.89 bits per heavy atom. The number of carbonyl (C=O) groups excluding carboxylic acids is 1. The number of nitrogens with zero attached hydrogens (tertiary/aromatic N) is 5. The van der Waals surface area contributed by atoms with Crippen molar-refractivity contribution in [3.63, 3.8) is 0 Å². The minimum Gasteiger partial charge on any atom is -0.378 e. The number of hydrogen-bond acceptors (Lipinski definition) is 6. The van der Waals surface area contributed by atoms with Crippen LogP contribution in [0.15, 0.2) is 43.0 Å². The fourth-order valence-electron chi connectivity index (χ4n) is 4.23. The van der Waals surface area contributed by atoms with E-state index in [2.05, 4.69) is 25.4 Å². The van der Waals surface area contributed by atoms with Gasteiger partial charge in [0.1, 0.15) is 17.3 Å². The van der Waals surface area contributed by atoms with Crippen LogP contribution in [-0.2, 0) is 24.4 Å². The first-order chi connectivity index (χ1) is 17.3. The maximum atomic E-state index is 13.5. The summed E-state index contributed by atoms with van der Waals surface area (Å²) in [6.07, 6.45) is 6.47. The Morgan fingerprint density at radius 2 is 2.17 bits per heavy atom. The summed E-state index contributed by atoms with van der Waals surface area (Å²) in [5.74, 6) is -1.76. The summed E-state index contributed by atoms with van der Waals surface area (Å²) in [6.45, 7) is 0.751. The molecule has 9 nitrogen and oxygen atoms in total. The van der Waals surface area contributed by atoms with Gasteiger partial charge in [0.15, 0.2) is 0 Å². The maximum Gasteiger partial charge on any atom is 0.266 e. The third kappa shape index (κ3) is 5.17. The van der Waals surface area contributed by atoms with Gasteiger partial charge in [-0.2, -0.15) is 5.10 Å². The van der Waals surface area contributed by atoms with E-state index in [4.69, 9.17) is 16.3 Å². The highest BCUT2D eigenvalue weighted by molar-refractivity contribution is 6.30. The zero-order chi connectivity index (χ0) is 25.3. The molecule has 2 N–H and O–H groups in total. The minimum atomic E-state index is -2.68. The van der Waals surface area contributed by atoms with Gasteiger partial charge in [-0.05, 0) is 17.7 Å². The van der Waals surface area contributed by atoms with E-state index in [1.807, 2.05) is 6.07 Å². The number of pyridine rings is 2. The van der Waals surface area contributed by atoms with Crippen molar-refractivity contribution >= 4 is 23.3 Å². The molecule has 0 unspecified atom stereocenters. The van der Waals surface area contributed by atoms with Crippen LogP contribution in [0.3, 0.4) is 0 Å². The van der Waals surface area contributed by atoms with Crippen molar-refractivity contribution in [2.24, 2.45) is 0 Å². The standard InChI is InChI=1S/C24H24ClF2N7O2/c1-36-13-20-19(23(35)31-9-16-8-29-22-18(16)6-17(25)10-30-22)12-34(32-20)11-15-2-3-21(28-7-15)33-5-4-24(26,27)14-33/h2-3,6-8,10,12H,4-5,9,11,13-14H2,1H3,(H,29,30)(H,31,35). The van der Waals surface area contributed by atoms with Gasteiger partial charge in [0, 0.05) is 62.5 Å². The lowest BCUT2D eigenvalue weighted by Crippen LogP contribution is -2.25. The van der Waals surface area contributed by atoms with E-state index < -0.39 is 5.92 Å². The van der Waals surface area contributed by atoms with E-state index in [1.54, 1.807) is 46.5 Å². The molecule has 0 bridgehead atoms. The van der Waals surface area contributed by atoms with Crippen LogP contribution in [0.5, 0.6) is 0 Å². The number of amides is 1. The van der Waals surface area contributed by atoms with Crippen LogP contribution in [0.25, 0.3) is 11.4 Å². The maximum absolute atomic E-state index is 13.5. The number of carbonyl (C=O) groups is 1. The van der Waals surface area contributed by atoms with Crippen LogP contribution >= 0.6 is 11.6 Å². The number of H-pyrrole nitrogens is 1. The molecule has 0 saturated carbocycles. The molecule has 188 valence electrons. The molecule has 3 aliphatic rings. The summed E-state index contributed by atoms with van der Waals surface area (Å²) < 4.78 is 33.9. The van der Waals surface area contributed by atoms with Crippen molar-refractivity contribution < 1.29 is 18.3 Å². The first kappa shape index (κ1) is 24.1. The Hall–Kier alpha value is -3.57. The molecule has 12 heteroatoms. The molecule has 2 aromatic heterocycles. The lowest BCUT2D eigenvalue weighted by Gasteiger charge is -2.17. The van der Waals surface area contributed by atoms with Crippen molar-refractivity contribution in [2.45, 2.75) is 32.0 Å². The monoisotopic (exact) mass is 515 g/mol. The van der Waals surface area contributed by atoms with Gasteiger partial charge in [0.2, 0.25) is 0 Å². The lowest BCUT2D eigenvalue weighted by atomic mass is 10.1. The predicted octanol–water partition coefficient (Wildman–Crippen LogP) is 3.73. The van der Waals surface area contributed by atoms with Gasteiger partial charge in [-0.3, -0.25) is 9.48 Å². The summed E-state index contributed by atoms with van der Waals surface area (Å²) in [5.41, 5.74) is 3.39. The average Bonchev–Trinajstić information content (AvgIpc) is 3.55. The second kappa shape index (κ2) is 9.82. The number of aromatic amines is 1. The van der Waals surface area contributed by atoms with Gasteiger partial charge < -0.3 is 19.9 Å². The van der Waals surface area contributed by atoms with Gasteiger partial charge in [-0.25, -0.2) is 18.7 Å². The molecule has 2 aromatic rings. The Kier molecular flexibility index (Phi) is 6.59. The molecule has 0 aromatic carbocycles. The second-order valence-corrected chi connectivity index (χ2v) is 9.15. The number of hydrogen-bond donors (Lipinski definition) is 2. The van der Waals surface area contributed by atoms with E-state index in [0.29, 0.717) is 34.5 Å². The number of aromatic nitrogens is 5. The number of methoxy groups -OCH3 is 1. The van der Waals surface area contributed by atoms with E-state index in [9.17, 15) is 13.6 Å². The van der Waals surface area contributed by atoms with Gasteiger partial charge in [-0.15, -0.1) is 0 Å². The molecule has 5 heterocycles. The first-order valence-corrected chi connectivity index (χ1v) is 11.7. The van der Waals surface area contributed by atoms with Crippen LogP contribution in [0.2, 0.25) is 5.02 Å². The highest BCUT2D eigenvalue weighted by Gasteiger charge is 2.38. The number of anilines is 1. The molecule has 0 spiro atoms. The van der Waals surface area contributed by atoms with E-state index in [1.165, 1.54) is 7.11 Å². The van der Waals surface area contributed by atoms with Crippen molar-refractivity contribution in [3.8, 4) is 11.4 Å². The van der Waals surface area contributed by atoms with Crippen molar-refractivity contribution in [2.75, 3.05) is 25.1 Å². The van der Waals surface area contributed by atoms with E-state index in [-0.39, 0.29) is 38.6 Å². The summed E-state index contributed by atoms with van der Waals surface area (Å²) >= 11 is 6.08. The molecule has 0 aliphatic carbocycles. The third-order valence-corrected chi connectivity index (χ3v) is 6.25. The van der Waals surface area contributed by atoms with Crippen molar-refractivity contribution in [1.29, 1.82) is 0 Å². The summed E-state index contributed by atoms with van der Waals surface area (Å²) in [5, 5.41) is 7.96. The molecule has 36 heavy (non-hydrogen) atoms. The predicted molar refractivity (Wildman–Crippen MR) is 129 cm³/mol. The first-order valence-electron chi connectivity index (χ1n) is 11.3. The number of fused-ring (bicyclic) bond motifs is 1. The SMILES string of the molecule is COCc1nn(Cc2ccc(N3CCC(F)(F)C3)nc2)cc1C(=O)NCc1cnc2[nH]cc(Cl)cc1-2. The molecule has 0 radical (unpaired) electrons. The summed E-state index contributed by atoms with van der Waals surface area (Å²) in [7, 11) is 1.53. The number of nitrogens with one attached hydrogen (secondary N) is 2. The second-order valence-electron chi connectivity index (χ2n) is 8.72. The van der Waals surface area contributed by atoms with Gasteiger partial charge in [0.05, 0.1) is 30.3 Å². The molecule has 5 rings (SSSR count). The summed E-state index contributed by atoms with van der Waals surface area (Å²) in [6, 6.07) is 5.35. The minimum absolute atomic E-state index is 0.165. The van der Waals surface area contributed by atoms with Gasteiger partial charge in [-0.1, -0.05) is 17.7 Å². The fourth-order valence-corrected chi connectivity index (χ4v) is 4.39. The number of halogens is 3. The molecule has 1 amide bonds. The van der Waals surface area contributed by atoms with Crippen molar-refractivity contribution in [3.05, 3.63) is 70.4 Å². The Balaban J connectivity index is 1.26. The smallest absolute Gasteiger partial charge is 0.266 e.